The molecule has 0 aromatic heterocycles. The molecule has 2 fully saturated rings. The molecule has 6 heteroatoms. The average Bonchev–Trinajstić information content (AvgIpc) is 3.13. The summed E-state index contributed by atoms with van der Waals surface area (Å²) in [4.78, 5) is 24.9. The lowest BCUT2D eigenvalue weighted by Gasteiger charge is -2.38. The molecule has 1 aliphatic carbocycles. The van der Waals surface area contributed by atoms with Crippen LogP contribution in [0.25, 0.3) is 0 Å². The Labute approximate surface area is 151 Å². The van der Waals surface area contributed by atoms with E-state index in [-0.39, 0.29) is 23.8 Å². The Hall–Kier alpha value is -2.62. The normalized spacial score (nSPS) is 32.8. The summed E-state index contributed by atoms with van der Waals surface area (Å²) in [6.07, 6.45) is 12.7. The van der Waals surface area contributed by atoms with Crippen molar-refractivity contribution in [1.82, 2.24) is 10.4 Å². The number of ether oxygens (including phenoxy) is 1. The van der Waals surface area contributed by atoms with Crippen molar-refractivity contribution in [2.75, 3.05) is 6.54 Å². The maximum Gasteiger partial charge on any atom is 0.332 e. The van der Waals surface area contributed by atoms with Crippen molar-refractivity contribution < 1.29 is 19.5 Å². The highest BCUT2D eigenvalue weighted by atomic mass is 16.6. The fraction of sp³-hybridized carbons (Fsp3) is 0.400. The van der Waals surface area contributed by atoms with Crippen molar-refractivity contribution in [3.8, 4) is 11.8 Å². The smallest absolute Gasteiger partial charge is 0.332 e. The minimum atomic E-state index is -0.575. The number of fused-ring (bicyclic) bond motifs is 3. The topological polar surface area (TPSA) is 78.9 Å². The summed E-state index contributed by atoms with van der Waals surface area (Å²) in [5.74, 6) is 5.63. The molecule has 0 aromatic carbocycles. The van der Waals surface area contributed by atoms with Crippen LogP contribution in [0.1, 0.15) is 25.7 Å². The molecular formula is C20H20N2O4. The van der Waals surface area contributed by atoms with Crippen molar-refractivity contribution >= 4 is 12.3 Å². The van der Waals surface area contributed by atoms with Crippen LogP contribution in [0.3, 0.4) is 0 Å². The molecule has 6 nitrogen and oxygen atoms in total. The monoisotopic (exact) mass is 352 g/mol. The van der Waals surface area contributed by atoms with E-state index in [1.807, 2.05) is 5.48 Å². The Morgan fingerprint density at radius 1 is 1.42 bits per heavy atom. The largest absolute Gasteiger partial charge is 0.449 e. The Morgan fingerprint density at radius 2 is 2.31 bits per heavy atom. The molecule has 2 saturated heterocycles. The van der Waals surface area contributed by atoms with Crippen LogP contribution in [-0.2, 0) is 14.3 Å². The summed E-state index contributed by atoms with van der Waals surface area (Å²) in [6, 6.07) is 0.438. The van der Waals surface area contributed by atoms with Crippen molar-refractivity contribution in [2.45, 2.75) is 43.4 Å². The van der Waals surface area contributed by atoms with Crippen LogP contribution in [0.4, 0.5) is 0 Å². The van der Waals surface area contributed by atoms with E-state index in [1.54, 1.807) is 6.08 Å². The molecule has 0 aromatic rings. The maximum atomic E-state index is 12.1. The summed E-state index contributed by atoms with van der Waals surface area (Å²) in [6.45, 7) is 1.01. The lowest BCUT2D eigenvalue weighted by molar-refractivity contribution is -0.148. The number of hydroxylamine groups is 1. The number of hydrogen-bond acceptors (Lipinski definition) is 6. The average molecular weight is 352 g/mol. The Kier molecular flexibility index (Phi) is 4.27. The van der Waals surface area contributed by atoms with Crippen LogP contribution < -0.4 is 5.48 Å². The molecule has 26 heavy (non-hydrogen) atoms. The third-order valence-corrected chi connectivity index (χ3v) is 5.58. The second-order valence-electron chi connectivity index (χ2n) is 6.93. The van der Waals surface area contributed by atoms with Gasteiger partial charge in [0.15, 0.2) is 5.60 Å². The van der Waals surface area contributed by atoms with Gasteiger partial charge in [-0.1, -0.05) is 24.5 Å². The number of piperidine rings is 1. The third-order valence-electron chi connectivity index (χ3n) is 5.58. The first-order valence-corrected chi connectivity index (χ1v) is 8.85. The molecule has 1 spiro atoms. The molecule has 2 bridgehead atoms. The molecule has 0 radical (unpaired) electrons. The first kappa shape index (κ1) is 16.8. The predicted octanol–water partition coefficient (Wildman–Crippen LogP) is 1.40. The van der Waals surface area contributed by atoms with Crippen LogP contribution >= 0.6 is 0 Å². The van der Waals surface area contributed by atoms with Crippen molar-refractivity contribution in [1.29, 1.82) is 0 Å². The van der Waals surface area contributed by atoms with Gasteiger partial charge in [0, 0.05) is 29.7 Å². The lowest BCUT2D eigenvalue weighted by Crippen LogP contribution is -2.48. The molecule has 0 unspecified atom stereocenters. The molecule has 134 valence electrons. The summed E-state index contributed by atoms with van der Waals surface area (Å²) < 4.78 is 5.84. The second-order valence-corrected chi connectivity index (χ2v) is 6.93. The zero-order valence-electron chi connectivity index (χ0n) is 14.3. The lowest BCUT2D eigenvalue weighted by atomic mass is 9.77. The first-order valence-electron chi connectivity index (χ1n) is 8.85. The number of nitrogens with one attached hydrogen (secondary N) is 1. The van der Waals surface area contributed by atoms with Gasteiger partial charge < -0.3 is 4.74 Å². The van der Waals surface area contributed by atoms with E-state index in [9.17, 15) is 14.8 Å². The molecule has 3 aliphatic heterocycles. The quantitative estimate of drug-likeness (QED) is 0.200. The maximum absolute atomic E-state index is 12.1. The number of aldehydes is 1. The van der Waals surface area contributed by atoms with Crippen LogP contribution in [0.15, 0.2) is 47.2 Å². The summed E-state index contributed by atoms with van der Waals surface area (Å²) in [7, 11) is 0. The number of carbonyl (C=O) groups excluding carboxylic acids is 2. The van der Waals surface area contributed by atoms with Gasteiger partial charge in [-0.3, -0.25) is 20.4 Å². The minimum absolute atomic E-state index is 0.219. The van der Waals surface area contributed by atoms with Crippen LogP contribution in [-0.4, -0.2) is 46.6 Å². The van der Waals surface area contributed by atoms with E-state index in [4.69, 9.17) is 4.74 Å². The predicted molar refractivity (Wildman–Crippen MR) is 93.7 cm³/mol. The highest BCUT2D eigenvalue weighted by Gasteiger charge is 2.61. The van der Waals surface area contributed by atoms with E-state index in [2.05, 4.69) is 22.8 Å². The van der Waals surface area contributed by atoms with E-state index in [1.165, 1.54) is 18.2 Å². The van der Waals surface area contributed by atoms with Gasteiger partial charge in [-0.25, -0.2) is 4.79 Å². The molecule has 3 heterocycles. The SMILES string of the molecule is O=C/C=C\C=C(\C#CC1=C[C@@H]2C[C@@]3(OC(=O)C=C13)[C@H]1CCCCN21)NO. The standard InChI is InChI=1S/C20H20N2O4/c23-10-4-2-5-15(21-25)8-7-14-11-16-13-20(17(14)12-19(24)26-20)18-6-1-3-9-22(16)18/h2,4-5,10-12,16,18,21,25H,1,3,6,9,13H2/b4-2-,15-5-/t16-,18-,20+/m1/s1. The second kappa shape index (κ2) is 6.60. The van der Waals surface area contributed by atoms with E-state index >= 15 is 0 Å². The summed E-state index contributed by atoms with van der Waals surface area (Å²) in [5, 5.41) is 9.20. The van der Waals surface area contributed by atoms with E-state index < -0.39 is 5.60 Å². The van der Waals surface area contributed by atoms with Crippen molar-refractivity contribution in [3.63, 3.8) is 0 Å². The van der Waals surface area contributed by atoms with E-state index in [0.717, 1.165) is 43.4 Å². The van der Waals surface area contributed by atoms with E-state index in [0.29, 0.717) is 6.29 Å². The number of nitrogens with zero attached hydrogens (tertiary/aromatic N) is 1. The highest BCUT2D eigenvalue weighted by Crippen LogP contribution is 2.53. The minimum Gasteiger partial charge on any atom is -0.449 e. The number of allylic oxidation sites excluding steroid dienone is 4. The molecule has 4 rings (SSSR count). The Balaban J connectivity index is 1.70. The third kappa shape index (κ3) is 2.61. The van der Waals surface area contributed by atoms with Gasteiger partial charge in [0.25, 0.3) is 0 Å². The van der Waals surface area contributed by atoms with Gasteiger partial charge in [-0.05, 0) is 37.5 Å². The molecule has 0 saturated carbocycles. The van der Waals surface area contributed by atoms with Gasteiger partial charge in [-0.2, -0.15) is 0 Å². The Morgan fingerprint density at radius 3 is 3.12 bits per heavy atom. The van der Waals surface area contributed by atoms with Crippen LogP contribution in [0.2, 0.25) is 0 Å². The van der Waals surface area contributed by atoms with Crippen molar-refractivity contribution in [3.05, 3.63) is 47.2 Å². The van der Waals surface area contributed by atoms with Crippen LogP contribution in [0, 0.1) is 11.8 Å². The van der Waals surface area contributed by atoms with Gasteiger partial charge in [-0.15, -0.1) is 0 Å². The summed E-state index contributed by atoms with van der Waals surface area (Å²) in [5.41, 5.74) is 3.35. The number of rotatable bonds is 3. The molecule has 2 N–H and O–H groups in total. The first-order chi connectivity index (χ1) is 12.7. The van der Waals surface area contributed by atoms with Gasteiger partial charge in [0.1, 0.15) is 12.0 Å². The summed E-state index contributed by atoms with van der Waals surface area (Å²) >= 11 is 0. The van der Waals surface area contributed by atoms with Gasteiger partial charge in [0.05, 0.1) is 6.04 Å². The molecule has 3 atom stereocenters. The zero-order chi connectivity index (χ0) is 18.1. The molecule has 4 aliphatic rings. The Bertz CT molecular complexity index is 826. The fourth-order valence-corrected chi connectivity index (χ4v) is 4.61. The van der Waals surface area contributed by atoms with Crippen molar-refractivity contribution in [2.24, 2.45) is 0 Å². The molecule has 0 amide bonds. The zero-order valence-corrected chi connectivity index (χ0v) is 14.3. The highest BCUT2D eigenvalue weighted by molar-refractivity contribution is 5.90. The fourth-order valence-electron chi connectivity index (χ4n) is 4.61. The van der Waals surface area contributed by atoms with Crippen LogP contribution in [0.5, 0.6) is 0 Å². The number of hydrogen-bond donors (Lipinski definition) is 2. The van der Waals surface area contributed by atoms with Gasteiger partial charge in [0.2, 0.25) is 0 Å². The number of esters is 1. The molecular weight excluding hydrogens is 332 g/mol. The number of carbonyl (C=O) groups is 2. The van der Waals surface area contributed by atoms with Gasteiger partial charge >= 0.3 is 5.97 Å².